The maximum Gasteiger partial charge on any atom is 0.244 e. The summed E-state index contributed by atoms with van der Waals surface area (Å²) in [6, 6.07) is 31.6. The van der Waals surface area contributed by atoms with Crippen LogP contribution in [0.1, 0.15) is 11.1 Å². The summed E-state index contributed by atoms with van der Waals surface area (Å²) in [6.45, 7) is -0.380. The van der Waals surface area contributed by atoms with Crippen molar-refractivity contribution in [2.45, 2.75) is 19.0 Å². The predicted molar refractivity (Wildman–Crippen MR) is 168 cm³/mol. The van der Waals surface area contributed by atoms with Crippen LogP contribution < -0.4 is 14.4 Å². The number of sulfonamides is 1. The quantitative estimate of drug-likeness (QED) is 0.222. The third-order valence-corrected chi connectivity index (χ3v) is 8.24. The van der Waals surface area contributed by atoms with Crippen LogP contribution in [0.4, 0.5) is 5.69 Å². The van der Waals surface area contributed by atoms with Gasteiger partial charge in [-0.1, -0.05) is 76.6 Å². The van der Waals surface area contributed by atoms with E-state index in [2.05, 4.69) is 21.2 Å². The molecule has 0 aliphatic rings. The lowest BCUT2D eigenvalue weighted by Crippen LogP contribution is -2.52. The number of anilines is 1. The van der Waals surface area contributed by atoms with Crippen molar-refractivity contribution in [3.8, 4) is 11.5 Å². The van der Waals surface area contributed by atoms with Crippen LogP contribution >= 0.6 is 15.9 Å². The van der Waals surface area contributed by atoms with Gasteiger partial charge in [0.05, 0.1) is 11.9 Å². The number of benzene rings is 4. The molecule has 42 heavy (non-hydrogen) atoms. The van der Waals surface area contributed by atoms with E-state index in [9.17, 15) is 18.0 Å². The topological polar surface area (TPSA) is 96.0 Å². The molecular formula is C32H32BrN3O5S. The summed E-state index contributed by atoms with van der Waals surface area (Å²) < 4.78 is 33.6. The number of carbonyl (C=O) groups is 2. The zero-order chi connectivity index (χ0) is 30.1. The van der Waals surface area contributed by atoms with E-state index in [1.807, 2.05) is 84.9 Å². The van der Waals surface area contributed by atoms with E-state index in [0.717, 1.165) is 26.2 Å². The van der Waals surface area contributed by atoms with Crippen molar-refractivity contribution in [1.82, 2.24) is 10.2 Å². The number of hydrogen-bond donors (Lipinski definition) is 1. The molecule has 1 unspecified atom stereocenters. The molecule has 0 aliphatic carbocycles. The van der Waals surface area contributed by atoms with Gasteiger partial charge in [-0.15, -0.1) is 0 Å². The average Bonchev–Trinajstić information content (AvgIpc) is 2.99. The lowest BCUT2D eigenvalue weighted by molar-refractivity contribution is -0.139. The van der Waals surface area contributed by atoms with Crippen molar-refractivity contribution >= 4 is 43.5 Å². The lowest BCUT2D eigenvalue weighted by atomic mass is 10.0. The maximum atomic E-state index is 14.0. The minimum Gasteiger partial charge on any atom is -0.457 e. The van der Waals surface area contributed by atoms with Gasteiger partial charge in [-0.2, -0.15) is 0 Å². The number of halogens is 1. The Kier molecular flexibility index (Phi) is 10.4. The summed E-state index contributed by atoms with van der Waals surface area (Å²) in [5.41, 5.74) is 1.96. The molecule has 0 radical (unpaired) electrons. The van der Waals surface area contributed by atoms with Crippen LogP contribution in [0.2, 0.25) is 0 Å². The second-order valence-electron chi connectivity index (χ2n) is 9.65. The standard InChI is InChI=1S/C32H32BrN3O5S/c1-34-32(38)30(21-24-9-5-3-6-10-24)35(22-25-13-15-26(33)16-14-25)31(37)23-36(42(2,39)40)27-17-19-29(20-18-27)41-28-11-7-4-8-12-28/h3-20,30H,21-23H2,1-2H3,(H,34,38). The van der Waals surface area contributed by atoms with E-state index < -0.39 is 28.5 Å². The number of ether oxygens (including phenoxy) is 1. The fourth-order valence-electron chi connectivity index (χ4n) is 4.43. The molecule has 0 aliphatic heterocycles. The van der Waals surface area contributed by atoms with Crippen LogP contribution in [0.25, 0.3) is 0 Å². The van der Waals surface area contributed by atoms with Crippen LogP contribution in [0.3, 0.4) is 0 Å². The summed E-state index contributed by atoms with van der Waals surface area (Å²) in [5.74, 6) is 0.293. The van der Waals surface area contributed by atoms with Gasteiger partial charge in [0.1, 0.15) is 24.1 Å². The van der Waals surface area contributed by atoms with Crippen LogP contribution in [0.5, 0.6) is 11.5 Å². The molecule has 4 aromatic carbocycles. The van der Waals surface area contributed by atoms with Gasteiger partial charge in [-0.25, -0.2) is 8.42 Å². The molecule has 1 N–H and O–H groups in total. The molecule has 0 aromatic heterocycles. The fraction of sp³-hybridized carbons (Fsp3) is 0.188. The second-order valence-corrected chi connectivity index (χ2v) is 12.5. The number of hydrogen-bond acceptors (Lipinski definition) is 5. The minimum atomic E-state index is -3.87. The third-order valence-electron chi connectivity index (χ3n) is 6.57. The number of rotatable bonds is 12. The van der Waals surface area contributed by atoms with Crippen LogP contribution in [-0.4, -0.2) is 51.0 Å². The van der Waals surface area contributed by atoms with Crippen molar-refractivity contribution < 1.29 is 22.7 Å². The van der Waals surface area contributed by atoms with E-state index in [4.69, 9.17) is 4.74 Å². The van der Waals surface area contributed by atoms with E-state index in [1.165, 1.54) is 11.9 Å². The number of nitrogens with one attached hydrogen (secondary N) is 1. The first kappa shape index (κ1) is 30.8. The smallest absolute Gasteiger partial charge is 0.244 e. The number of likely N-dealkylation sites (N-methyl/N-ethyl adjacent to an activating group) is 1. The maximum absolute atomic E-state index is 14.0. The summed E-state index contributed by atoms with van der Waals surface area (Å²) in [5, 5.41) is 2.67. The molecule has 1 atom stereocenters. The Labute approximate surface area is 255 Å². The number of nitrogens with zero attached hydrogens (tertiary/aromatic N) is 2. The number of amides is 2. The van der Waals surface area contributed by atoms with Crippen molar-refractivity contribution in [2.75, 3.05) is 24.2 Å². The van der Waals surface area contributed by atoms with Gasteiger partial charge in [-0.05, 0) is 59.7 Å². The zero-order valence-electron chi connectivity index (χ0n) is 23.3. The largest absolute Gasteiger partial charge is 0.457 e. The van der Waals surface area contributed by atoms with Gasteiger partial charge in [0, 0.05) is 24.5 Å². The van der Waals surface area contributed by atoms with Crippen LogP contribution in [0, 0.1) is 0 Å². The van der Waals surface area contributed by atoms with E-state index in [1.54, 1.807) is 24.3 Å². The number of para-hydroxylation sites is 1. The molecule has 218 valence electrons. The second kappa shape index (κ2) is 14.2. The Balaban J connectivity index is 1.64. The van der Waals surface area contributed by atoms with Crippen molar-refractivity contribution in [3.63, 3.8) is 0 Å². The Hall–Kier alpha value is -4.15. The lowest BCUT2D eigenvalue weighted by Gasteiger charge is -2.33. The molecule has 8 nitrogen and oxygen atoms in total. The third kappa shape index (κ3) is 8.43. The predicted octanol–water partition coefficient (Wildman–Crippen LogP) is 5.39. The molecular weight excluding hydrogens is 618 g/mol. The molecule has 0 saturated carbocycles. The summed E-state index contributed by atoms with van der Waals surface area (Å²) >= 11 is 3.43. The zero-order valence-corrected chi connectivity index (χ0v) is 25.7. The molecule has 2 amide bonds. The van der Waals surface area contributed by atoms with Crippen LogP contribution in [-0.2, 0) is 32.6 Å². The van der Waals surface area contributed by atoms with Crippen molar-refractivity contribution in [3.05, 3.63) is 125 Å². The van der Waals surface area contributed by atoms with Crippen molar-refractivity contribution in [2.24, 2.45) is 0 Å². The SMILES string of the molecule is CNC(=O)C(Cc1ccccc1)N(Cc1ccc(Br)cc1)C(=O)CN(c1ccc(Oc2ccccc2)cc1)S(C)(=O)=O. The summed E-state index contributed by atoms with van der Waals surface area (Å²) in [7, 11) is -2.35. The van der Waals surface area contributed by atoms with E-state index in [-0.39, 0.29) is 18.9 Å². The Bertz CT molecular complexity index is 1580. The molecule has 4 aromatic rings. The minimum absolute atomic E-state index is 0.110. The Morgan fingerprint density at radius 1 is 0.810 bits per heavy atom. The molecule has 0 saturated heterocycles. The number of carbonyl (C=O) groups excluding carboxylic acids is 2. The Morgan fingerprint density at radius 3 is 1.95 bits per heavy atom. The van der Waals surface area contributed by atoms with Gasteiger partial charge < -0.3 is 15.0 Å². The van der Waals surface area contributed by atoms with Gasteiger partial charge in [0.15, 0.2) is 0 Å². The van der Waals surface area contributed by atoms with Crippen molar-refractivity contribution in [1.29, 1.82) is 0 Å². The average molecular weight is 651 g/mol. The van der Waals surface area contributed by atoms with E-state index in [0.29, 0.717) is 17.2 Å². The van der Waals surface area contributed by atoms with Gasteiger partial charge in [0.2, 0.25) is 21.8 Å². The highest BCUT2D eigenvalue weighted by Gasteiger charge is 2.32. The van der Waals surface area contributed by atoms with E-state index >= 15 is 0 Å². The molecule has 0 fully saturated rings. The normalized spacial score (nSPS) is 11.8. The first-order chi connectivity index (χ1) is 20.1. The molecule has 0 spiro atoms. The first-order valence-corrected chi connectivity index (χ1v) is 15.9. The molecule has 0 bridgehead atoms. The highest BCUT2D eigenvalue weighted by atomic mass is 79.9. The first-order valence-electron chi connectivity index (χ1n) is 13.2. The molecule has 0 heterocycles. The fourth-order valence-corrected chi connectivity index (χ4v) is 5.54. The monoisotopic (exact) mass is 649 g/mol. The summed E-state index contributed by atoms with van der Waals surface area (Å²) in [4.78, 5) is 28.6. The summed E-state index contributed by atoms with van der Waals surface area (Å²) in [6.07, 6.45) is 1.31. The highest BCUT2D eigenvalue weighted by molar-refractivity contribution is 9.10. The van der Waals surface area contributed by atoms with Gasteiger partial charge in [0.25, 0.3) is 0 Å². The Morgan fingerprint density at radius 2 is 1.38 bits per heavy atom. The molecule has 4 rings (SSSR count). The van der Waals surface area contributed by atoms with Crippen LogP contribution in [0.15, 0.2) is 114 Å². The van der Waals surface area contributed by atoms with Gasteiger partial charge in [-0.3, -0.25) is 13.9 Å². The van der Waals surface area contributed by atoms with Gasteiger partial charge >= 0.3 is 0 Å². The molecule has 10 heteroatoms. The highest BCUT2D eigenvalue weighted by Crippen LogP contribution is 2.26.